The zero-order chi connectivity index (χ0) is 41.8. The van der Waals surface area contributed by atoms with Gasteiger partial charge in [0.25, 0.3) is 11.1 Å². The zero-order valence-corrected chi connectivity index (χ0v) is 31.0. The van der Waals surface area contributed by atoms with Gasteiger partial charge in [-0.15, -0.1) is 0 Å². The van der Waals surface area contributed by atoms with Crippen molar-refractivity contribution in [1.29, 1.82) is 10.5 Å². The molecule has 0 fully saturated rings. The summed E-state index contributed by atoms with van der Waals surface area (Å²) in [6.45, 7) is 7.17. The Bertz CT molecular complexity index is 2700. The number of hydrogen-bond donors (Lipinski definition) is 0. The summed E-state index contributed by atoms with van der Waals surface area (Å²) in [5.74, 6) is -0.594. The molecule has 290 valence electrons. The molecule has 0 bridgehead atoms. The highest BCUT2D eigenvalue weighted by Crippen LogP contribution is 2.35. The smallest absolute Gasteiger partial charge is 0.303 e. The number of nitriles is 2. The molecule has 0 radical (unpaired) electrons. The summed E-state index contributed by atoms with van der Waals surface area (Å²) >= 11 is 0. The lowest BCUT2D eigenvalue weighted by Gasteiger charge is -2.19. The predicted octanol–water partition coefficient (Wildman–Crippen LogP) is 10.3. The van der Waals surface area contributed by atoms with Crippen molar-refractivity contribution in [3.63, 3.8) is 0 Å². The number of alkyl halides is 6. The Morgan fingerprint density at radius 1 is 0.544 bits per heavy atom. The first kappa shape index (κ1) is 41.4. The number of aromatic nitrogens is 2. The molecule has 0 N–H and O–H groups in total. The first-order valence-electron chi connectivity index (χ1n) is 17.3. The van der Waals surface area contributed by atoms with Gasteiger partial charge in [-0.3, -0.25) is 9.59 Å². The number of nitrogens with zero attached hydrogens (tertiary/aromatic N) is 4. The van der Waals surface area contributed by atoms with Crippen molar-refractivity contribution in [3.8, 4) is 34.7 Å². The predicted molar refractivity (Wildman–Crippen MR) is 202 cm³/mol. The van der Waals surface area contributed by atoms with E-state index in [9.17, 15) is 50.8 Å². The second kappa shape index (κ2) is 16.6. The fourth-order valence-electron chi connectivity index (χ4n) is 6.35. The number of halogens is 7. The summed E-state index contributed by atoms with van der Waals surface area (Å²) in [5, 5.41) is 18.5. The van der Waals surface area contributed by atoms with E-state index in [0.717, 1.165) is 44.5 Å². The van der Waals surface area contributed by atoms with Crippen LogP contribution in [0.4, 0.5) is 30.7 Å². The molecule has 2 aromatic heterocycles. The molecular weight excluding hydrogens is 749 g/mol. The van der Waals surface area contributed by atoms with Crippen LogP contribution in [0.3, 0.4) is 0 Å². The second-order valence-corrected chi connectivity index (χ2v) is 13.4. The van der Waals surface area contributed by atoms with E-state index in [0.29, 0.717) is 11.1 Å². The van der Waals surface area contributed by atoms with Gasteiger partial charge >= 0.3 is 12.4 Å². The molecule has 0 amide bonds. The van der Waals surface area contributed by atoms with Gasteiger partial charge in [-0.25, -0.2) is 4.39 Å². The quantitative estimate of drug-likeness (QED) is 0.157. The van der Waals surface area contributed by atoms with E-state index in [1.165, 1.54) is 34.9 Å². The van der Waals surface area contributed by atoms with Crippen LogP contribution in [-0.2, 0) is 25.4 Å². The Labute approximate surface area is 322 Å². The van der Waals surface area contributed by atoms with Gasteiger partial charge in [-0.05, 0) is 80.3 Å². The molecule has 0 aliphatic carbocycles. The van der Waals surface area contributed by atoms with E-state index < -0.39 is 51.5 Å². The van der Waals surface area contributed by atoms with Crippen LogP contribution in [0.5, 0.6) is 0 Å². The average Bonchev–Trinajstić information content (AvgIpc) is 3.14. The van der Waals surface area contributed by atoms with Gasteiger partial charge in [0.1, 0.15) is 29.1 Å². The molecule has 0 atom stereocenters. The molecule has 6 aromatic rings. The third-order valence-corrected chi connectivity index (χ3v) is 9.18. The van der Waals surface area contributed by atoms with E-state index in [4.69, 9.17) is 0 Å². The van der Waals surface area contributed by atoms with Crippen LogP contribution in [-0.4, -0.2) is 9.13 Å². The average molecular weight is 783 g/mol. The maximum absolute atomic E-state index is 14.1. The van der Waals surface area contributed by atoms with Gasteiger partial charge in [0.05, 0.1) is 35.6 Å². The molecule has 0 aliphatic rings. The molecule has 0 aliphatic heterocycles. The molecule has 13 heteroatoms. The summed E-state index contributed by atoms with van der Waals surface area (Å²) in [6.07, 6.45) is -9.68. The molecule has 6 nitrogen and oxygen atoms in total. The van der Waals surface area contributed by atoms with Crippen molar-refractivity contribution >= 4 is 0 Å². The molecule has 2 heterocycles. The summed E-state index contributed by atoms with van der Waals surface area (Å²) < 4.78 is 97.4. The van der Waals surface area contributed by atoms with Crippen LogP contribution < -0.4 is 11.1 Å². The summed E-state index contributed by atoms with van der Waals surface area (Å²) in [4.78, 5) is 25.7. The standard InChI is InChI=1S/C23H19F3N2O.C21H14F4N2O/c1-14-5-4-6-17(10-14)21-11-20(23(24,25)26)19(12-27)22(29)28(21)13-18-8-7-15(2)9-16(18)3;1-13-5-4-7-14(9-13)19-10-17(21(23,24)25)16(11-26)20(28)27(19)12-15-6-2-3-8-18(15)22/h4-11H,13H2,1-3H3;2-10H,12H2,1H3. The van der Waals surface area contributed by atoms with Crippen LogP contribution in [0.15, 0.2) is 113 Å². The molecule has 0 saturated carbocycles. The minimum atomic E-state index is -4.88. The Balaban J connectivity index is 0.000000218. The van der Waals surface area contributed by atoms with E-state index in [2.05, 4.69) is 0 Å². The van der Waals surface area contributed by atoms with E-state index in [1.54, 1.807) is 55.5 Å². The summed E-state index contributed by atoms with van der Waals surface area (Å²) in [7, 11) is 0. The zero-order valence-electron chi connectivity index (χ0n) is 31.0. The van der Waals surface area contributed by atoms with E-state index in [-0.39, 0.29) is 30.0 Å². The Morgan fingerprint density at radius 2 is 0.982 bits per heavy atom. The van der Waals surface area contributed by atoms with Gasteiger partial charge in [-0.2, -0.15) is 36.9 Å². The van der Waals surface area contributed by atoms with Gasteiger partial charge < -0.3 is 9.13 Å². The largest absolute Gasteiger partial charge is 0.417 e. The maximum atomic E-state index is 14.1. The highest BCUT2D eigenvalue weighted by atomic mass is 19.4. The Hall–Kier alpha value is -6.73. The molecule has 4 aromatic carbocycles. The molecule has 6 rings (SSSR count). The fraction of sp³-hybridized carbons (Fsp3) is 0.182. The number of rotatable bonds is 6. The monoisotopic (exact) mass is 782 g/mol. The van der Waals surface area contributed by atoms with Crippen molar-refractivity contribution in [2.24, 2.45) is 0 Å². The first-order valence-corrected chi connectivity index (χ1v) is 17.3. The third-order valence-electron chi connectivity index (χ3n) is 9.18. The third kappa shape index (κ3) is 9.22. The highest BCUT2D eigenvalue weighted by molar-refractivity contribution is 5.65. The first-order chi connectivity index (χ1) is 26.8. The van der Waals surface area contributed by atoms with Crippen molar-refractivity contribution < 1.29 is 30.7 Å². The van der Waals surface area contributed by atoms with Crippen molar-refractivity contribution in [1.82, 2.24) is 9.13 Å². The van der Waals surface area contributed by atoms with E-state index >= 15 is 0 Å². The van der Waals surface area contributed by atoms with Crippen LogP contribution >= 0.6 is 0 Å². The Kier molecular flexibility index (Phi) is 12.0. The van der Waals surface area contributed by atoms with Gasteiger partial charge in [0.15, 0.2) is 0 Å². The van der Waals surface area contributed by atoms with Crippen LogP contribution in [0.1, 0.15) is 55.6 Å². The minimum absolute atomic E-state index is 0.0386. The second-order valence-electron chi connectivity index (χ2n) is 13.4. The van der Waals surface area contributed by atoms with Crippen LogP contribution in [0.25, 0.3) is 22.5 Å². The molecule has 57 heavy (non-hydrogen) atoms. The van der Waals surface area contributed by atoms with Gasteiger partial charge in [0, 0.05) is 5.56 Å². The summed E-state index contributed by atoms with van der Waals surface area (Å²) in [5.41, 5.74) is -1.01. The van der Waals surface area contributed by atoms with Crippen LogP contribution in [0, 0.1) is 56.2 Å². The van der Waals surface area contributed by atoms with Crippen molar-refractivity contribution in [3.05, 3.63) is 185 Å². The number of benzene rings is 4. The number of aryl methyl sites for hydroxylation is 4. The highest BCUT2D eigenvalue weighted by Gasteiger charge is 2.38. The number of pyridine rings is 2. The lowest BCUT2D eigenvalue weighted by Crippen LogP contribution is -2.29. The molecular formula is C44H33F7N4O2. The fourth-order valence-corrected chi connectivity index (χ4v) is 6.35. The van der Waals surface area contributed by atoms with Crippen molar-refractivity contribution in [2.75, 3.05) is 0 Å². The maximum Gasteiger partial charge on any atom is 0.417 e. The molecule has 0 unspecified atom stereocenters. The van der Waals surface area contributed by atoms with Gasteiger partial charge in [0.2, 0.25) is 0 Å². The Morgan fingerprint density at radius 3 is 1.39 bits per heavy atom. The normalized spacial score (nSPS) is 11.3. The lowest BCUT2D eigenvalue weighted by atomic mass is 10.0. The lowest BCUT2D eigenvalue weighted by molar-refractivity contribution is -0.138. The molecule has 0 saturated heterocycles. The van der Waals surface area contributed by atoms with Gasteiger partial charge in [-0.1, -0.05) is 89.5 Å². The van der Waals surface area contributed by atoms with E-state index in [1.807, 2.05) is 45.0 Å². The van der Waals surface area contributed by atoms with Crippen molar-refractivity contribution in [2.45, 2.75) is 53.1 Å². The van der Waals surface area contributed by atoms with Crippen LogP contribution in [0.2, 0.25) is 0 Å². The SMILES string of the molecule is Cc1cccc(-c2cc(C(F)(F)F)c(C#N)c(=O)n2Cc2ccc(C)cc2C)c1.Cc1cccc(-c2cc(C(F)(F)F)c(C#N)c(=O)n2Cc2ccccc2F)c1. The minimum Gasteiger partial charge on any atom is -0.303 e. The molecule has 0 spiro atoms. The summed E-state index contributed by atoms with van der Waals surface area (Å²) in [6, 6.07) is 29.3. The topological polar surface area (TPSA) is 91.6 Å². The number of hydrogen-bond acceptors (Lipinski definition) is 4.